The molecule has 1 fully saturated rings. The Kier molecular flexibility index (Phi) is 7.72. The lowest BCUT2D eigenvalue weighted by Gasteiger charge is -2.18. The van der Waals surface area contributed by atoms with Gasteiger partial charge >= 0.3 is 0 Å². The summed E-state index contributed by atoms with van der Waals surface area (Å²) >= 11 is 0. The molecule has 1 amide bonds. The maximum atomic E-state index is 12.0. The Morgan fingerprint density at radius 1 is 1.38 bits per heavy atom. The number of rotatable bonds is 6. The normalized spacial score (nSPS) is 22.4. The van der Waals surface area contributed by atoms with Gasteiger partial charge in [0.25, 0.3) is 0 Å². The Morgan fingerprint density at radius 3 is 2.67 bits per heavy atom. The fourth-order valence-electron chi connectivity index (χ4n) is 2.84. The molecule has 2 rings (SSSR count). The van der Waals surface area contributed by atoms with Gasteiger partial charge < -0.3 is 15.8 Å². The number of methoxy groups -OCH3 is 1. The maximum Gasteiger partial charge on any atom is 0.220 e. The van der Waals surface area contributed by atoms with E-state index in [0.717, 1.165) is 24.8 Å². The minimum Gasteiger partial charge on any atom is -0.375 e. The largest absolute Gasteiger partial charge is 0.375 e. The van der Waals surface area contributed by atoms with Crippen LogP contribution in [0.2, 0.25) is 0 Å². The number of nitrogens with one attached hydrogen (secondary N) is 1. The molecular formula is C16H25ClN2O2. The molecule has 1 aliphatic carbocycles. The first-order valence-corrected chi connectivity index (χ1v) is 7.30. The molecule has 1 aromatic rings. The molecule has 0 spiro atoms. The number of halogens is 1. The summed E-state index contributed by atoms with van der Waals surface area (Å²) < 4.78 is 5.44. The third kappa shape index (κ3) is 5.30. The predicted octanol–water partition coefficient (Wildman–Crippen LogP) is 2.43. The van der Waals surface area contributed by atoms with Crippen LogP contribution in [0, 0.1) is 5.92 Å². The molecule has 0 radical (unpaired) electrons. The summed E-state index contributed by atoms with van der Waals surface area (Å²) in [5.74, 6) is 0.415. The van der Waals surface area contributed by atoms with Gasteiger partial charge in [-0.05, 0) is 24.3 Å². The highest BCUT2D eigenvalue weighted by Gasteiger charge is 2.26. The average molecular weight is 313 g/mol. The second kappa shape index (κ2) is 9.03. The molecule has 0 bridgehead atoms. The third-order valence-corrected chi connectivity index (χ3v) is 4.11. The molecular weight excluding hydrogens is 288 g/mol. The highest BCUT2D eigenvalue weighted by atomic mass is 35.5. The SMILES string of the molecule is COC(CNC(=O)C[C@@H]1CCC[C@H]1N)c1ccccc1.Cl. The highest BCUT2D eigenvalue weighted by Crippen LogP contribution is 2.26. The van der Waals surface area contributed by atoms with Crippen LogP contribution in [0.25, 0.3) is 0 Å². The van der Waals surface area contributed by atoms with Crippen molar-refractivity contribution in [3.63, 3.8) is 0 Å². The molecule has 3 atom stereocenters. The van der Waals surface area contributed by atoms with Crippen molar-refractivity contribution in [1.29, 1.82) is 0 Å². The Labute approximate surface area is 132 Å². The van der Waals surface area contributed by atoms with E-state index < -0.39 is 0 Å². The highest BCUT2D eigenvalue weighted by molar-refractivity contribution is 5.85. The van der Waals surface area contributed by atoms with E-state index >= 15 is 0 Å². The van der Waals surface area contributed by atoms with Crippen LogP contribution in [0.1, 0.15) is 37.4 Å². The Hall–Kier alpha value is -1.10. The van der Waals surface area contributed by atoms with E-state index in [4.69, 9.17) is 10.5 Å². The van der Waals surface area contributed by atoms with Crippen molar-refractivity contribution in [2.75, 3.05) is 13.7 Å². The van der Waals surface area contributed by atoms with Gasteiger partial charge in [0.2, 0.25) is 5.91 Å². The number of carbonyl (C=O) groups is 1. The lowest BCUT2D eigenvalue weighted by molar-refractivity contribution is -0.122. The van der Waals surface area contributed by atoms with Crippen LogP contribution in [0.3, 0.4) is 0 Å². The third-order valence-electron chi connectivity index (χ3n) is 4.11. The summed E-state index contributed by atoms with van der Waals surface area (Å²) in [6.45, 7) is 0.501. The van der Waals surface area contributed by atoms with Gasteiger partial charge in [-0.25, -0.2) is 0 Å². The van der Waals surface area contributed by atoms with E-state index in [9.17, 15) is 4.79 Å². The van der Waals surface area contributed by atoms with E-state index in [0.29, 0.717) is 18.9 Å². The number of carbonyl (C=O) groups excluding carboxylic acids is 1. The molecule has 0 heterocycles. The number of hydrogen-bond acceptors (Lipinski definition) is 3. The fraction of sp³-hybridized carbons (Fsp3) is 0.562. The van der Waals surface area contributed by atoms with Crippen LogP contribution < -0.4 is 11.1 Å². The standard InChI is InChI=1S/C16H24N2O2.ClH/c1-20-15(12-6-3-2-4-7-12)11-18-16(19)10-13-8-5-9-14(13)17;/h2-4,6-7,13-15H,5,8-11,17H2,1H3,(H,18,19);1H/t13-,14+,15?;/m0./s1. The summed E-state index contributed by atoms with van der Waals surface area (Å²) in [4.78, 5) is 12.0. The quantitative estimate of drug-likeness (QED) is 0.848. The molecule has 21 heavy (non-hydrogen) atoms. The first-order chi connectivity index (χ1) is 9.70. The van der Waals surface area contributed by atoms with Gasteiger partial charge in [0.05, 0.1) is 6.10 Å². The van der Waals surface area contributed by atoms with Gasteiger partial charge in [-0.3, -0.25) is 4.79 Å². The summed E-state index contributed by atoms with van der Waals surface area (Å²) in [6, 6.07) is 10.1. The number of benzene rings is 1. The molecule has 1 aromatic carbocycles. The van der Waals surface area contributed by atoms with Crippen molar-refractivity contribution in [2.45, 2.75) is 37.8 Å². The van der Waals surface area contributed by atoms with Gasteiger partial charge in [-0.1, -0.05) is 36.8 Å². The molecule has 5 heteroatoms. The van der Waals surface area contributed by atoms with Gasteiger partial charge in [-0.2, -0.15) is 0 Å². The molecule has 1 aliphatic rings. The minimum absolute atomic E-state index is 0. The molecule has 3 N–H and O–H groups in total. The van der Waals surface area contributed by atoms with Crippen molar-refractivity contribution < 1.29 is 9.53 Å². The summed E-state index contributed by atoms with van der Waals surface area (Å²) in [5, 5.41) is 2.96. The predicted molar refractivity (Wildman–Crippen MR) is 86.4 cm³/mol. The van der Waals surface area contributed by atoms with Crippen LogP contribution in [-0.4, -0.2) is 25.6 Å². The van der Waals surface area contributed by atoms with Crippen molar-refractivity contribution >= 4 is 18.3 Å². The summed E-state index contributed by atoms with van der Waals surface area (Å²) in [7, 11) is 1.66. The zero-order valence-corrected chi connectivity index (χ0v) is 13.3. The zero-order valence-electron chi connectivity index (χ0n) is 12.5. The van der Waals surface area contributed by atoms with Crippen LogP contribution in [0.15, 0.2) is 30.3 Å². The molecule has 0 aliphatic heterocycles. The Morgan fingerprint density at radius 2 is 2.10 bits per heavy atom. The van der Waals surface area contributed by atoms with Crippen LogP contribution in [0.5, 0.6) is 0 Å². The van der Waals surface area contributed by atoms with E-state index in [2.05, 4.69) is 5.32 Å². The lowest BCUT2D eigenvalue weighted by Crippen LogP contribution is -2.33. The second-order valence-corrected chi connectivity index (χ2v) is 5.50. The van der Waals surface area contributed by atoms with E-state index in [1.165, 1.54) is 0 Å². The van der Waals surface area contributed by atoms with Crippen molar-refractivity contribution in [3.05, 3.63) is 35.9 Å². The Balaban J connectivity index is 0.00000220. The molecule has 118 valence electrons. The van der Waals surface area contributed by atoms with E-state index in [1.807, 2.05) is 30.3 Å². The van der Waals surface area contributed by atoms with E-state index in [1.54, 1.807) is 7.11 Å². The topological polar surface area (TPSA) is 64.3 Å². The summed E-state index contributed by atoms with van der Waals surface area (Å²) in [6.07, 6.45) is 3.69. The zero-order chi connectivity index (χ0) is 14.4. The summed E-state index contributed by atoms with van der Waals surface area (Å²) in [5.41, 5.74) is 7.07. The molecule has 1 saturated carbocycles. The average Bonchev–Trinajstić information content (AvgIpc) is 2.86. The molecule has 0 aromatic heterocycles. The number of ether oxygens (including phenoxy) is 1. The fourth-order valence-corrected chi connectivity index (χ4v) is 2.84. The smallest absolute Gasteiger partial charge is 0.220 e. The van der Waals surface area contributed by atoms with E-state index in [-0.39, 0.29) is 30.5 Å². The number of amides is 1. The first kappa shape index (κ1) is 18.0. The number of hydrogen-bond donors (Lipinski definition) is 2. The van der Waals surface area contributed by atoms with Crippen molar-refractivity contribution in [1.82, 2.24) is 5.32 Å². The number of nitrogens with two attached hydrogens (primary N) is 1. The van der Waals surface area contributed by atoms with Gasteiger partial charge in [0, 0.05) is 26.1 Å². The first-order valence-electron chi connectivity index (χ1n) is 7.30. The van der Waals surface area contributed by atoms with Gasteiger partial charge in [0.15, 0.2) is 0 Å². The second-order valence-electron chi connectivity index (χ2n) is 5.50. The van der Waals surface area contributed by atoms with Gasteiger partial charge in [-0.15, -0.1) is 12.4 Å². The Bertz CT molecular complexity index is 428. The van der Waals surface area contributed by atoms with Crippen LogP contribution >= 0.6 is 12.4 Å². The van der Waals surface area contributed by atoms with Gasteiger partial charge in [0.1, 0.15) is 0 Å². The monoisotopic (exact) mass is 312 g/mol. The lowest BCUT2D eigenvalue weighted by atomic mass is 10.00. The minimum atomic E-state index is -0.0996. The van der Waals surface area contributed by atoms with Crippen LogP contribution in [0.4, 0.5) is 0 Å². The molecule has 4 nitrogen and oxygen atoms in total. The maximum absolute atomic E-state index is 12.0. The van der Waals surface area contributed by atoms with Crippen molar-refractivity contribution in [2.24, 2.45) is 11.7 Å². The molecule has 1 unspecified atom stereocenters. The molecule has 0 saturated heterocycles. The van der Waals surface area contributed by atoms with Crippen molar-refractivity contribution in [3.8, 4) is 0 Å². The van der Waals surface area contributed by atoms with Crippen LogP contribution in [-0.2, 0) is 9.53 Å².